The van der Waals surface area contributed by atoms with E-state index in [9.17, 15) is 19.8 Å². The van der Waals surface area contributed by atoms with Gasteiger partial charge in [-0.25, -0.2) is 0 Å². The molecule has 0 radical (unpaired) electrons. The third kappa shape index (κ3) is 47.2. The first-order valence-electron chi connectivity index (χ1n) is 28.8. The molecule has 0 rings (SSSR count). The van der Waals surface area contributed by atoms with E-state index in [1.807, 2.05) is 0 Å². The Kier molecular flexibility index (Phi) is 50.9. The van der Waals surface area contributed by atoms with Gasteiger partial charge in [-0.05, 0) is 25.7 Å². The first-order chi connectivity index (χ1) is 31.0. The van der Waals surface area contributed by atoms with Crippen LogP contribution >= 0.6 is 0 Å². The molecule has 0 spiro atoms. The van der Waals surface area contributed by atoms with Gasteiger partial charge in [-0.1, -0.05) is 290 Å². The molecule has 3 atom stereocenters. The van der Waals surface area contributed by atoms with Gasteiger partial charge >= 0.3 is 5.97 Å². The topological polar surface area (TPSA) is 95.9 Å². The molecular formula is C57H113NO5. The highest BCUT2D eigenvalue weighted by Gasteiger charge is 2.24. The number of hydrogen-bond acceptors (Lipinski definition) is 5. The lowest BCUT2D eigenvalue weighted by Gasteiger charge is -2.24. The van der Waals surface area contributed by atoms with Gasteiger partial charge in [0.15, 0.2) is 0 Å². The Morgan fingerprint density at radius 3 is 0.968 bits per heavy atom. The Labute approximate surface area is 394 Å². The number of ether oxygens (including phenoxy) is 1. The molecule has 0 heterocycles. The second-order valence-corrected chi connectivity index (χ2v) is 20.1. The fourth-order valence-corrected chi connectivity index (χ4v) is 9.32. The van der Waals surface area contributed by atoms with Crippen LogP contribution in [0.3, 0.4) is 0 Å². The molecule has 0 aromatic heterocycles. The van der Waals surface area contributed by atoms with Crippen LogP contribution in [-0.4, -0.2) is 46.9 Å². The van der Waals surface area contributed by atoms with E-state index in [0.29, 0.717) is 19.3 Å². The van der Waals surface area contributed by atoms with E-state index in [2.05, 4.69) is 26.1 Å². The Bertz CT molecular complexity index is 913. The van der Waals surface area contributed by atoms with E-state index in [4.69, 9.17) is 4.74 Å². The normalized spacial score (nSPS) is 13.0. The van der Waals surface area contributed by atoms with Crippen molar-refractivity contribution in [2.75, 3.05) is 6.61 Å². The number of nitrogens with one attached hydrogen (secondary N) is 1. The van der Waals surface area contributed by atoms with E-state index in [-0.39, 0.29) is 24.9 Å². The van der Waals surface area contributed by atoms with Crippen molar-refractivity contribution in [3.05, 3.63) is 0 Å². The maximum atomic E-state index is 13.2. The summed E-state index contributed by atoms with van der Waals surface area (Å²) in [5.74, 6) is -0.449. The van der Waals surface area contributed by atoms with Crippen molar-refractivity contribution < 1.29 is 24.5 Å². The average molecular weight is 893 g/mol. The van der Waals surface area contributed by atoms with Crippen LogP contribution in [0.5, 0.6) is 0 Å². The fraction of sp³-hybridized carbons (Fsp3) is 0.965. The molecule has 0 aliphatic rings. The molecule has 0 bridgehead atoms. The summed E-state index contributed by atoms with van der Waals surface area (Å²) in [5.41, 5.74) is 0. The van der Waals surface area contributed by atoms with Crippen LogP contribution in [0.1, 0.15) is 329 Å². The number of hydrogen-bond donors (Lipinski definition) is 3. The molecule has 0 aromatic rings. The maximum Gasteiger partial charge on any atom is 0.306 e. The van der Waals surface area contributed by atoms with Gasteiger partial charge in [0.25, 0.3) is 0 Å². The molecule has 0 fully saturated rings. The summed E-state index contributed by atoms with van der Waals surface area (Å²) in [6.45, 7) is 6.52. The van der Waals surface area contributed by atoms with Crippen LogP contribution in [0.2, 0.25) is 0 Å². The average Bonchev–Trinajstić information content (AvgIpc) is 3.28. The minimum Gasteiger partial charge on any atom is -0.462 e. The third-order valence-electron chi connectivity index (χ3n) is 13.7. The van der Waals surface area contributed by atoms with E-state index in [1.54, 1.807) is 0 Å². The lowest BCUT2D eigenvalue weighted by atomic mass is 10.0. The Balaban J connectivity index is 4.32. The summed E-state index contributed by atoms with van der Waals surface area (Å²) in [4.78, 5) is 26.2. The molecule has 3 N–H and O–H groups in total. The molecule has 6 heteroatoms. The van der Waals surface area contributed by atoms with Crippen molar-refractivity contribution in [2.45, 2.75) is 347 Å². The minimum absolute atomic E-state index is 0.0875. The van der Waals surface area contributed by atoms with Crippen molar-refractivity contribution >= 4 is 11.9 Å². The molecule has 0 aliphatic heterocycles. The van der Waals surface area contributed by atoms with Gasteiger partial charge in [0.1, 0.15) is 6.10 Å². The Hall–Kier alpha value is -1.14. The molecule has 6 nitrogen and oxygen atoms in total. The first-order valence-corrected chi connectivity index (χ1v) is 28.8. The van der Waals surface area contributed by atoms with E-state index >= 15 is 0 Å². The van der Waals surface area contributed by atoms with Crippen LogP contribution in [0, 0.1) is 0 Å². The molecule has 3 unspecified atom stereocenters. The van der Waals surface area contributed by atoms with E-state index < -0.39 is 18.2 Å². The molecule has 0 aliphatic carbocycles. The third-order valence-corrected chi connectivity index (χ3v) is 13.7. The second-order valence-electron chi connectivity index (χ2n) is 20.1. The van der Waals surface area contributed by atoms with Crippen LogP contribution in [0.25, 0.3) is 0 Å². The zero-order chi connectivity index (χ0) is 45.9. The fourth-order valence-electron chi connectivity index (χ4n) is 9.32. The highest BCUT2D eigenvalue weighted by atomic mass is 16.5. The number of carbonyl (C=O) groups is 2. The quantitative estimate of drug-likeness (QED) is 0.0418. The lowest BCUT2D eigenvalue weighted by Crippen LogP contribution is -2.46. The number of carbonyl (C=O) groups excluding carboxylic acids is 2. The summed E-state index contributed by atoms with van der Waals surface area (Å²) in [6, 6.07) is -0.692. The zero-order valence-corrected chi connectivity index (χ0v) is 43.0. The maximum absolute atomic E-state index is 13.2. The predicted molar refractivity (Wildman–Crippen MR) is 274 cm³/mol. The highest BCUT2D eigenvalue weighted by molar-refractivity contribution is 5.77. The van der Waals surface area contributed by atoms with Crippen LogP contribution in [-0.2, 0) is 14.3 Å². The summed E-state index contributed by atoms with van der Waals surface area (Å²) < 4.78 is 5.94. The molecular weight excluding hydrogens is 779 g/mol. The van der Waals surface area contributed by atoms with Crippen molar-refractivity contribution in [2.24, 2.45) is 0 Å². The van der Waals surface area contributed by atoms with Crippen LogP contribution in [0.4, 0.5) is 0 Å². The van der Waals surface area contributed by atoms with Crippen molar-refractivity contribution in [3.63, 3.8) is 0 Å². The molecule has 0 saturated heterocycles. The van der Waals surface area contributed by atoms with Gasteiger partial charge in [0.2, 0.25) is 5.91 Å². The highest BCUT2D eigenvalue weighted by Crippen LogP contribution is 2.19. The Morgan fingerprint density at radius 2 is 0.667 bits per heavy atom. The molecule has 1 amide bonds. The van der Waals surface area contributed by atoms with Crippen molar-refractivity contribution in [3.8, 4) is 0 Å². The largest absolute Gasteiger partial charge is 0.462 e. The monoisotopic (exact) mass is 892 g/mol. The van der Waals surface area contributed by atoms with E-state index in [0.717, 1.165) is 38.5 Å². The molecule has 0 saturated carbocycles. The number of unbranched alkanes of at least 4 members (excludes halogenated alkanes) is 41. The van der Waals surface area contributed by atoms with Crippen molar-refractivity contribution in [1.82, 2.24) is 5.32 Å². The summed E-state index contributed by atoms with van der Waals surface area (Å²) in [7, 11) is 0. The van der Waals surface area contributed by atoms with Crippen molar-refractivity contribution in [1.29, 1.82) is 0 Å². The van der Waals surface area contributed by atoms with Gasteiger partial charge in [0.05, 0.1) is 25.2 Å². The van der Waals surface area contributed by atoms with Gasteiger partial charge in [0, 0.05) is 6.42 Å². The van der Waals surface area contributed by atoms with Gasteiger partial charge in [-0.2, -0.15) is 0 Å². The molecule has 376 valence electrons. The van der Waals surface area contributed by atoms with Gasteiger partial charge < -0.3 is 20.3 Å². The van der Waals surface area contributed by atoms with Crippen LogP contribution < -0.4 is 5.32 Å². The lowest BCUT2D eigenvalue weighted by molar-refractivity contribution is -0.151. The number of amides is 1. The minimum atomic E-state index is -0.779. The number of rotatable bonds is 53. The summed E-state index contributed by atoms with van der Waals surface area (Å²) >= 11 is 0. The zero-order valence-electron chi connectivity index (χ0n) is 43.0. The SMILES string of the molecule is CCCCCCCCCCCCCCCCCCCCC(=O)OC(CCCCCCCCCCC)CC(=O)NC(CO)C(O)CCCCCCCCCCCCCCCCCCC. The second kappa shape index (κ2) is 51.8. The summed E-state index contributed by atoms with van der Waals surface area (Å²) in [5, 5.41) is 23.8. The molecule has 0 aromatic carbocycles. The Morgan fingerprint density at radius 1 is 0.397 bits per heavy atom. The smallest absolute Gasteiger partial charge is 0.306 e. The first kappa shape index (κ1) is 61.9. The van der Waals surface area contributed by atoms with Gasteiger partial charge in [-0.15, -0.1) is 0 Å². The number of aliphatic hydroxyl groups excluding tert-OH is 2. The van der Waals surface area contributed by atoms with Crippen LogP contribution in [0.15, 0.2) is 0 Å². The number of aliphatic hydroxyl groups is 2. The summed E-state index contributed by atoms with van der Waals surface area (Å²) in [6.07, 6.45) is 57.5. The number of esters is 1. The molecule has 63 heavy (non-hydrogen) atoms. The standard InChI is InChI=1S/C57H113NO5/c1-4-7-10-13-16-19-21-23-25-27-29-31-33-35-38-41-44-47-50-57(62)63-53(48-45-42-39-36-18-15-12-9-6-3)51-56(61)58-54(52-59)55(60)49-46-43-40-37-34-32-30-28-26-24-22-20-17-14-11-8-5-2/h53-55,59-60H,4-52H2,1-3H3,(H,58,61). The van der Waals surface area contributed by atoms with Gasteiger partial charge in [-0.3, -0.25) is 9.59 Å². The van der Waals surface area contributed by atoms with E-state index in [1.165, 1.54) is 244 Å². The predicted octanol–water partition coefficient (Wildman–Crippen LogP) is 17.5.